The van der Waals surface area contributed by atoms with Crippen LogP contribution in [0.5, 0.6) is 0 Å². The molecule has 0 bridgehead atoms. The Labute approximate surface area is 122 Å². The first-order chi connectivity index (χ1) is 9.81. The lowest BCUT2D eigenvalue weighted by Crippen LogP contribution is -2.51. The van der Waals surface area contributed by atoms with E-state index in [1.807, 2.05) is 0 Å². The second kappa shape index (κ2) is 6.57. The zero-order valence-electron chi connectivity index (χ0n) is 12.5. The highest BCUT2D eigenvalue weighted by Gasteiger charge is 2.13. The Bertz CT molecular complexity index is 438. The minimum Gasteiger partial charge on any atom is -0.385 e. The maximum atomic E-state index is 3.56. The summed E-state index contributed by atoms with van der Waals surface area (Å²) in [6.07, 6.45) is 3.59. The third-order valence-corrected chi connectivity index (χ3v) is 4.36. The van der Waals surface area contributed by atoms with Crippen LogP contribution in [0.4, 0.5) is 5.69 Å². The summed E-state index contributed by atoms with van der Waals surface area (Å²) in [5, 5.41) is 5.83. The Morgan fingerprint density at radius 3 is 2.90 bits per heavy atom. The van der Waals surface area contributed by atoms with Gasteiger partial charge in [0.15, 0.2) is 0 Å². The van der Waals surface area contributed by atoms with Crippen LogP contribution in [-0.2, 0) is 12.8 Å². The molecule has 0 aliphatic carbocycles. The first kappa shape index (κ1) is 13.9. The summed E-state index contributed by atoms with van der Waals surface area (Å²) in [6.45, 7) is 6.75. The fourth-order valence-electron chi connectivity index (χ4n) is 3.01. The van der Waals surface area contributed by atoms with Crippen molar-refractivity contribution in [1.29, 1.82) is 0 Å². The van der Waals surface area contributed by atoms with Gasteiger partial charge in [0.25, 0.3) is 0 Å². The lowest BCUT2D eigenvalue weighted by atomic mass is 10.00. The number of rotatable bonds is 4. The van der Waals surface area contributed by atoms with Crippen LogP contribution in [0.15, 0.2) is 18.2 Å². The molecule has 1 aromatic rings. The number of hydrazine groups is 1. The number of nitrogens with zero attached hydrogens (tertiary/aromatic N) is 2. The van der Waals surface area contributed by atoms with Gasteiger partial charge in [-0.3, -0.25) is 5.43 Å². The summed E-state index contributed by atoms with van der Waals surface area (Å²) in [7, 11) is 2.19. The average molecular weight is 274 g/mol. The molecule has 20 heavy (non-hydrogen) atoms. The molecule has 110 valence electrons. The molecule has 4 nitrogen and oxygen atoms in total. The van der Waals surface area contributed by atoms with Gasteiger partial charge in [-0.05, 0) is 43.5 Å². The van der Waals surface area contributed by atoms with Gasteiger partial charge in [0.2, 0.25) is 0 Å². The Kier molecular flexibility index (Phi) is 4.55. The predicted octanol–water partition coefficient (Wildman–Crippen LogP) is 1.34. The van der Waals surface area contributed by atoms with Crippen molar-refractivity contribution in [2.45, 2.75) is 19.3 Å². The quantitative estimate of drug-likeness (QED) is 0.867. The Hall–Kier alpha value is -1.10. The van der Waals surface area contributed by atoms with Gasteiger partial charge in [-0.15, -0.1) is 0 Å². The summed E-state index contributed by atoms with van der Waals surface area (Å²) in [5.41, 5.74) is 7.85. The topological polar surface area (TPSA) is 30.5 Å². The third-order valence-electron chi connectivity index (χ3n) is 4.36. The number of likely N-dealkylation sites (N-methyl/N-ethyl adjacent to an activating group) is 1. The van der Waals surface area contributed by atoms with E-state index in [9.17, 15) is 0 Å². The molecular formula is C16H26N4. The maximum absolute atomic E-state index is 3.56. The van der Waals surface area contributed by atoms with Crippen molar-refractivity contribution < 1.29 is 0 Å². The van der Waals surface area contributed by atoms with E-state index in [0.717, 1.165) is 45.7 Å². The molecule has 0 amide bonds. The van der Waals surface area contributed by atoms with Gasteiger partial charge < -0.3 is 10.2 Å². The Balaban J connectivity index is 1.46. The standard InChI is InChI=1S/C16H26N4/c1-19-9-11-20(12-10-19)18-8-6-14-4-5-16-15(13-14)3-2-7-17-16/h4-5,13,17-18H,2-3,6-12H2,1H3. The largest absolute Gasteiger partial charge is 0.385 e. The molecule has 0 atom stereocenters. The van der Waals surface area contributed by atoms with Gasteiger partial charge in [-0.2, -0.15) is 0 Å². The van der Waals surface area contributed by atoms with E-state index in [4.69, 9.17) is 0 Å². The van der Waals surface area contributed by atoms with Crippen molar-refractivity contribution in [1.82, 2.24) is 15.3 Å². The minimum atomic E-state index is 1.04. The van der Waals surface area contributed by atoms with Crippen molar-refractivity contribution in [3.05, 3.63) is 29.3 Å². The van der Waals surface area contributed by atoms with Crippen LogP contribution < -0.4 is 10.7 Å². The van der Waals surface area contributed by atoms with Crippen molar-refractivity contribution in [3.8, 4) is 0 Å². The van der Waals surface area contributed by atoms with Crippen LogP contribution in [-0.4, -0.2) is 56.2 Å². The second-order valence-corrected chi connectivity index (χ2v) is 5.97. The first-order valence-corrected chi connectivity index (χ1v) is 7.84. The number of benzene rings is 1. The fraction of sp³-hybridized carbons (Fsp3) is 0.625. The van der Waals surface area contributed by atoms with Crippen molar-refractivity contribution in [3.63, 3.8) is 0 Å². The van der Waals surface area contributed by atoms with Gasteiger partial charge in [0.05, 0.1) is 0 Å². The van der Waals surface area contributed by atoms with E-state index >= 15 is 0 Å². The van der Waals surface area contributed by atoms with E-state index in [1.165, 1.54) is 29.7 Å². The van der Waals surface area contributed by atoms with Gasteiger partial charge in [-0.1, -0.05) is 12.1 Å². The highest BCUT2D eigenvalue weighted by molar-refractivity contribution is 5.54. The minimum absolute atomic E-state index is 1.04. The number of aryl methyl sites for hydroxylation is 1. The lowest BCUT2D eigenvalue weighted by molar-refractivity contribution is 0.105. The Morgan fingerprint density at radius 2 is 2.05 bits per heavy atom. The zero-order chi connectivity index (χ0) is 13.8. The van der Waals surface area contributed by atoms with Crippen LogP contribution in [0.25, 0.3) is 0 Å². The van der Waals surface area contributed by atoms with Crippen LogP contribution in [0.1, 0.15) is 17.5 Å². The smallest absolute Gasteiger partial charge is 0.0372 e. The second-order valence-electron chi connectivity index (χ2n) is 5.97. The SMILES string of the molecule is CN1CCN(NCCc2ccc3c(c2)CCCN3)CC1. The molecule has 4 heteroatoms. The van der Waals surface area contributed by atoms with Gasteiger partial charge in [0, 0.05) is 45.0 Å². The Morgan fingerprint density at radius 1 is 1.20 bits per heavy atom. The number of fused-ring (bicyclic) bond motifs is 1. The molecule has 2 aliphatic rings. The number of anilines is 1. The fourth-order valence-corrected chi connectivity index (χ4v) is 3.01. The van der Waals surface area contributed by atoms with E-state index in [0.29, 0.717) is 0 Å². The molecule has 0 unspecified atom stereocenters. The predicted molar refractivity (Wildman–Crippen MR) is 84.0 cm³/mol. The van der Waals surface area contributed by atoms with Crippen molar-refractivity contribution >= 4 is 5.69 Å². The molecule has 0 radical (unpaired) electrons. The monoisotopic (exact) mass is 274 g/mol. The van der Waals surface area contributed by atoms with Gasteiger partial charge >= 0.3 is 0 Å². The molecule has 2 heterocycles. The number of nitrogens with one attached hydrogen (secondary N) is 2. The van der Waals surface area contributed by atoms with Crippen LogP contribution >= 0.6 is 0 Å². The molecule has 0 spiro atoms. The number of hydrogen-bond donors (Lipinski definition) is 2. The van der Waals surface area contributed by atoms with Gasteiger partial charge in [0.1, 0.15) is 0 Å². The molecule has 3 rings (SSSR count). The molecule has 1 saturated heterocycles. The molecular weight excluding hydrogens is 248 g/mol. The highest BCUT2D eigenvalue weighted by Crippen LogP contribution is 2.22. The van der Waals surface area contributed by atoms with Gasteiger partial charge in [-0.25, -0.2) is 5.01 Å². The maximum Gasteiger partial charge on any atom is 0.0372 e. The molecule has 1 fully saturated rings. The van der Waals surface area contributed by atoms with Crippen molar-refractivity contribution in [2.75, 3.05) is 51.6 Å². The number of hydrogen-bond acceptors (Lipinski definition) is 4. The van der Waals surface area contributed by atoms with Crippen LogP contribution in [0.3, 0.4) is 0 Å². The molecule has 2 aliphatic heterocycles. The zero-order valence-corrected chi connectivity index (χ0v) is 12.5. The van der Waals surface area contributed by atoms with E-state index in [2.05, 4.69) is 45.9 Å². The highest BCUT2D eigenvalue weighted by atomic mass is 15.5. The summed E-state index contributed by atoms with van der Waals surface area (Å²) in [5.74, 6) is 0. The van der Waals surface area contributed by atoms with Crippen LogP contribution in [0.2, 0.25) is 0 Å². The van der Waals surface area contributed by atoms with Crippen molar-refractivity contribution in [2.24, 2.45) is 0 Å². The third kappa shape index (κ3) is 3.51. The summed E-state index contributed by atoms with van der Waals surface area (Å²) in [6, 6.07) is 6.90. The van der Waals surface area contributed by atoms with E-state index in [1.54, 1.807) is 0 Å². The molecule has 0 aromatic heterocycles. The lowest BCUT2D eigenvalue weighted by Gasteiger charge is -2.32. The average Bonchev–Trinajstić information content (AvgIpc) is 2.49. The number of piperazine rings is 1. The summed E-state index contributed by atoms with van der Waals surface area (Å²) >= 11 is 0. The molecule has 2 N–H and O–H groups in total. The van der Waals surface area contributed by atoms with E-state index < -0.39 is 0 Å². The summed E-state index contributed by atoms with van der Waals surface area (Å²) < 4.78 is 0. The molecule has 0 saturated carbocycles. The molecule has 1 aromatic carbocycles. The van der Waals surface area contributed by atoms with E-state index in [-0.39, 0.29) is 0 Å². The first-order valence-electron chi connectivity index (χ1n) is 7.84. The van der Waals surface area contributed by atoms with Crippen LogP contribution in [0, 0.1) is 0 Å². The summed E-state index contributed by atoms with van der Waals surface area (Å²) in [4.78, 5) is 2.38. The normalized spacial score (nSPS) is 20.4.